The Labute approximate surface area is 96.7 Å². The normalized spacial score (nSPS) is 23.4. The quantitative estimate of drug-likeness (QED) is 0.667. The van der Waals surface area contributed by atoms with Crippen molar-refractivity contribution in [3.8, 4) is 35.5 Å². The molecule has 0 spiro atoms. The topological polar surface area (TPSA) is 29.5 Å². The van der Waals surface area contributed by atoms with Crippen LogP contribution in [-0.4, -0.2) is 18.0 Å². The summed E-state index contributed by atoms with van der Waals surface area (Å²) in [5.74, 6) is 15.9. The average molecular weight is 214 g/mol. The Balaban J connectivity index is 2.41. The molecule has 2 atom stereocenters. The first-order valence-corrected chi connectivity index (χ1v) is 5.23. The van der Waals surface area contributed by atoms with Gasteiger partial charge in [-0.15, -0.1) is 0 Å². The van der Waals surface area contributed by atoms with Crippen LogP contribution in [0, 0.1) is 41.4 Å². The molecule has 1 fully saturated rings. The third-order valence-electron chi connectivity index (χ3n) is 2.15. The summed E-state index contributed by atoms with van der Waals surface area (Å²) in [6.45, 7) is 2.37. The maximum atomic E-state index is 9.47. The lowest BCUT2D eigenvalue weighted by molar-refractivity contribution is -0.146. The van der Waals surface area contributed by atoms with E-state index in [4.69, 9.17) is 4.74 Å². The Morgan fingerprint density at radius 3 is 2.81 bits per heavy atom. The molecule has 1 aliphatic rings. The summed E-state index contributed by atoms with van der Waals surface area (Å²) in [5, 5.41) is 9.47. The number of aliphatic hydroxyl groups is 1. The van der Waals surface area contributed by atoms with Gasteiger partial charge in [-0.25, -0.2) is 0 Å². The zero-order chi connectivity index (χ0) is 11.6. The Hall–Kier alpha value is -1.66. The minimum absolute atomic E-state index is 0.0476. The standard InChI is InChI=1S/C14H14O2/c1-2-3-4-5-6-7-8-10-13-11-9-12-16-14(13)15/h8,10,13-15H,9,11-12H2,1H3/b10-8+/t13-,14+/m1/s1. The molecule has 0 aromatic rings. The van der Waals surface area contributed by atoms with Gasteiger partial charge >= 0.3 is 0 Å². The van der Waals surface area contributed by atoms with Crippen molar-refractivity contribution >= 4 is 0 Å². The Morgan fingerprint density at radius 2 is 2.06 bits per heavy atom. The van der Waals surface area contributed by atoms with Crippen molar-refractivity contribution in [2.75, 3.05) is 6.61 Å². The van der Waals surface area contributed by atoms with E-state index in [1.807, 2.05) is 6.08 Å². The van der Waals surface area contributed by atoms with E-state index in [-0.39, 0.29) is 5.92 Å². The monoisotopic (exact) mass is 214 g/mol. The fraction of sp³-hybridized carbons (Fsp3) is 0.429. The van der Waals surface area contributed by atoms with E-state index in [0.29, 0.717) is 6.61 Å². The average Bonchev–Trinajstić information content (AvgIpc) is 2.30. The van der Waals surface area contributed by atoms with E-state index in [9.17, 15) is 5.11 Å². The third kappa shape index (κ3) is 4.72. The van der Waals surface area contributed by atoms with Crippen molar-refractivity contribution in [3.05, 3.63) is 12.2 Å². The highest BCUT2D eigenvalue weighted by Crippen LogP contribution is 2.19. The summed E-state index contributed by atoms with van der Waals surface area (Å²) in [6.07, 6.45) is 4.79. The third-order valence-corrected chi connectivity index (χ3v) is 2.15. The highest BCUT2D eigenvalue weighted by atomic mass is 16.6. The van der Waals surface area contributed by atoms with Crippen molar-refractivity contribution in [2.24, 2.45) is 5.92 Å². The fourth-order valence-electron chi connectivity index (χ4n) is 1.36. The summed E-state index contributed by atoms with van der Waals surface area (Å²) < 4.78 is 5.11. The van der Waals surface area contributed by atoms with Crippen LogP contribution in [0.3, 0.4) is 0 Å². The van der Waals surface area contributed by atoms with E-state index in [2.05, 4.69) is 35.5 Å². The molecule has 0 unspecified atom stereocenters. The van der Waals surface area contributed by atoms with Crippen molar-refractivity contribution in [1.29, 1.82) is 0 Å². The molecule has 1 aliphatic heterocycles. The maximum absolute atomic E-state index is 9.47. The lowest BCUT2D eigenvalue weighted by Gasteiger charge is -2.24. The Morgan fingerprint density at radius 1 is 1.25 bits per heavy atom. The molecule has 16 heavy (non-hydrogen) atoms. The zero-order valence-electron chi connectivity index (χ0n) is 9.29. The predicted molar refractivity (Wildman–Crippen MR) is 62.8 cm³/mol. The number of ether oxygens (including phenoxy) is 1. The van der Waals surface area contributed by atoms with Crippen LogP contribution < -0.4 is 0 Å². The molecular formula is C14H14O2. The number of hydrogen-bond acceptors (Lipinski definition) is 2. The Kier molecular flexibility index (Phi) is 5.90. The van der Waals surface area contributed by atoms with E-state index < -0.39 is 6.29 Å². The second-order valence-electron chi connectivity index (χ2n) is 3.32. The van der Waals surface area contributed by atoms with Crippen LogP contribution in [0.4, 0.5) is 0 Å². The minimum Gasteiger partial charge on any atom is -0.367 e. The molecule has 0 aromatic carbocycles. The van der Waals surface area contributed by atoms with Gasteiger partial charge in [0.05, 0.1) is 0 Å². The molecule has 0 bridgehead atoms. The van der Waals surface area contributed by atoms with E-state index >= 15 is 0 Å². The first kappa shape index (κ1) is 12.4. The first-order valence-electron chi connectivity index (χ1n) is 5.23. The number of allylic oxidation sites excluding steroid dienone is 1. The van der Waals surface area contributed by atoms with Gasteiger partial charge in [0.15, 0.2) is 6.29 Å². The largest absolute Gasteiger partial charge is 0.367 e. The maximum Gasteiger partial charge on any atom is 0.160 e. The van der Waals surface area contributed by atoms with Gasteiger partial charge in [-0.1, -0.05) is 17.9 Å². The number of hydrogen-bond donors (Lipinski definition) is 1. The summed E-state index contributed by atoms with van der Waals surface area (Å²) >= 11 is 0. The molecular weight excluding hydrogens is 200 g/mol. The van der Waals surface area contributed by atoms with Gasteiger partial charge in [0.1, 0.15) is 0 Å². The zero-order valence-corrected chi connectivity index (χ0v) is 9.29. The summed E-state index contributed by atoms with van der Waals surface area (Å²) in [5.41, 5.74) is 0. The molecule has 1 rings (SSSR count). The SMILES string of the molecule is CC#CC#CC#C/C=C/[C@@H]1CCCO[C@@H]1O. The molecule has 1 N–H and O–H groups in total. The van der Waals surface area contributed by atoms with Crippen LogP contribution in [0.1, 0.15) is 19.8 Å². The van der Waals surface area contributed by atoms with Crippen molar-refractivity contribution in [3.63, 3.8) is 0 Å². The van der Waals surface area contributed by atoms with Crippen molar-refractivity contribution in [1.82, 2.24) is 0 Å². The van der Waals surface area contributed by atoms with E-state index in [1.54, 1.807) is 13.0 Å². The van der Waals surface area contributed by atoms with Crippen LogP contribution in [-0.2, 0) is 4.74 Å². The molecule has 0 saturated carbocycles. The summed E-state index contributed by atoms with van der Waals surface area (Å²) in [6, 6.07) is 0. The molecule has 1 heterocycles. The smallest absolute Gasteiger partial charge is 0.160 e. The molecule has 0 radical (unpaired) electrons. The minimum atomic E-state index is -0.691. The molecule has 2 heteroatoms. The molecule has 82 valence electrons. The van der Waals surface area contributed by atoms with Gasteiger partial charge < -0.3 is 9.84 Å². The van der Waals surface area contributed by atoms with Crippen molar-refractivity contribution < 1.29 is 9.84 Å². The molecule has 0 aliphatic carbocycles. The van der Waals surface area contributed by atoms with Crippen LogP contribution in [0.2, 0.25) is 0 Å². The number of aliphatic hydroxyl groups excluding tert-OH is 1. The van der Waals surface area contributed by atoms with Crippen LogP contribution >= 0.6 is 0 Å². The lowest BCUT2D eigenvalue weighted by Crippen LogP contribution is -2.27. The van der Waals surface area contributed by atoms with Crippen LogP contribution in [0.15, 0.2) is 12.2 Å². The van der Waals surface area contributed by atoms with Gasteiger partial charge in [-0.3, -0.25) is 0 Å². The van der Waals surface area contributed by atoms with E-state index in [1.165, 1.54) is 0 Å². The van der Waals surface area contributed by atoms with E-state index in [0.717, 1.165) is 12.8 Å². The highest BCUT2D eigenvalue weighted by molar-refractivity contribution is 5.37. The second kappa shape index (κ2) is 7.61. The second-order valence-corrected chi connectivity index (χ2v) is 3.32. The first-order chi connectivity index (χ1) is 7.84. The molecule has 0 aromatic heterocycles. The van der Waals surface area contributed by atoms with Gasteiger partial charge in [0.25, 0.3) is 0 Å². The summed E-state index contributed by atoms with van der Waals surface area (Å²) in [7, 11) is 0. The number of rotatable bonds is 1. The van der Waals surface area contributed by atoms with Crippen molar-refractivity contribution in [2.45, 2.75) is 26.1 Å². The summed E-state index contributed by atoms with van der Waals surface area (Å²) in [4.78, 5) is 0. The predicted octanol–water partition coefficient (Wildman–Crippen LogP) is 1.32. The van der Waals surface area contributed by atoms with Gasteiger partial charge in [-0.2, -0.15) is 0 Å². The van der Waals surface area contributed by atoms with Crippen LogP contribution in [0.25, 0.3) is 0 Å². The molecule has 2 nitrogen and oxygen atoms in total. The Bertz CT molecular complexity index is 415. The lowest BCUT2D eigenvalue weighted by atomic mass is 10.0. The van der Waals surface area contributed by atoms with Gasteiger partial charge in [-0.05, 0) is 49.5 Å². The molecule has 0 amide bonds. The van der Waals surface area contributed by atoms with Gasteiger partial charge in [0, 0.05) is 12.5 Å². The van der Waals surface area contributed by atoms with Gasteiger partial charge in [0.2, 0.25) is 0 Å². The fourth-order valence-corrected chi connectivity index (χ4v) is 1.36. The molecule has 1 saturated heterocycles. The highest BCUT2D eigenvalue weighted by Gasteiger charge is 2.20. The van der Waals surface area contributed by atoms with Crippen LogP contribution in [0.5, 0.6) is 0 Å².